The molecule has 2 rings (SSSR count). The first-order valence-corrected chi connectivity index (χ1v) is 8.88. The lowest BCUT2D eigenvalue weighted by Gasteiger charge is -2.13. The molecule has 0 aromatic heterocycles. The van der Waals surface area contributed by atoms with Crippen LogP contribution >= 0.6 is 55.1 Å². The highest BCUT2D eigenvalue weighted by molar-refractivity contribution is 9.11. The molecule has 0 aliphatic carbocycles. The maximum Gasteiger partial charge on any atom is 0.328 e. The Hall–Kier alpha value is -1.21. The fourth-order valence-corrected chi connectivity index (χ4v) is 3.77. The van der Waals surface area contributed by atoms with Crippen LogP contribution in [0, 0.1) is 0 Å². The molecule has 0 radical (unpaired) electrons. The Morgan fingerprint density at radius 2 is 1.83 bits per heavy atom. The fraction of sp³-hybridized carbons (Fsp3) is 0.0625. The van der Waals surface area contributed by atoms with E-state index in [0.717, 1.165) is 6.08 Å². The summed E-state index contributed by atoms with van der Waals surface area (Å²) in [5.41, 5.74) is 7.53. The lowest BCUT2D eigenvalue weighted by atomic mass is 10.2. The minimum absolute atomic E-state index is 0.172. The molecule has 0 spiro atoms. The molecule has 0 amide bonds. The van der Waals surface area contributed by atoms with Gasteiger partial charge in [0.2, 0.25) is 0 Å². The molecule has 0 fully saturated rings. The van der Waals surface area contributed by atoms with Crippen LogP contribution in [0.4, 0.5) is 5.69 Å². The molecule has 0 unspecified atom stereocenters. The molecular weight excluding hydrogens is 485 g/mol. The minimum atomic E-state index is -1.02. The normalized spacial score (nSPS) is 11.0. The van der Waals surface area contributed by atoms with E-state index in [2.05, 4.69) is 31.9 Å². The molecule has 24 heavy (non-hydrogen) atoms. The Labute approximate surface area is 165 Å². The number of hydrogen-bond donors (Lipinski definition) is 2. The Morgan fingerprint density at radius 3 is 2.42 bits per heavy atom. The van der Waals surface area contributed by atoms with Crippen LogP contribution in [-0.2, 0) is 11.4 Å². The molecule has 0 saturated carbocycles. The second-order valence-corrected chi connectivity index (χ2v) is 7.27. The van der Waals surface area contributed by atoms with E-state index in [1.165, 1.54) is 6.08 Å². The molecule has 0 atom stereocenters. The van der Waals surface area contributed by atoms with Crippen molar-refractivity contribution in [1.29, 1.82) is 0 Å². The van der Waals surface area contributed by atoms with E-state index in [0.29, 0.717) is 41.6 Å². The summed E-state index contributed by atoms with van der Waals surface area (Å²) in [5.74, 6) is -0.465. The van der Waals surface area contributed by atoms with Gasteiger partial charge in [0.25, 0.3) is 0 Å². The van der Waals surface area contributed by atoms with Gasteiger partial charge < -0.3 is 15.6 Å². The number of carbonyl (C=O) groups is 1. The summed E-state index contributed by atoms with van der Waals surface area (Å²) in [4.78, 5) is 10.6. The number of nitrogens with two attached hydrogens (primary N) is 1. The smallest absolute Gasteiger partial charge is 0.328 e. The predicted molar refractivity (Wildman–Crippen MR) is 104 cm³/mol. The van der Waals surface area contributed by atoms with Gasteiger partial charge in [-0.25, -0.2) is 4.79 Å². The summed E-state index contributed by atoms with van der Waals surface area (Å²) < 4.78 is 7.11. The second kappa shape index (κ2) is 8.25. The van der Waals surface area contributed by atoms with Gasteiger partial charge in [-0.15, -0.1) is 0 Å². The van der Waals surface area contributed by atoms with Gasteiger partial charge in [-0.3, -0.25) is 0 Å². The van der Waals surface area contributed by atoms with Crippen molar-refractivity contribution in [2.24, 2.45) is 0 Å². The van der Waals surface area contributed by atoms with Crippen LogP contribution in [0.1, 0.15) is 11.1 Å². The van der Waals surface area contributed by atoms with Crippen molar-refractivity contribution in [2.45, 2.75) is 6.61 Å². The quantitative estimate of drug-likeness (QED) is 0.407. The monoisotopic (exact) mass is 493 g/mol. The van der Waals surface area contributed by atoms with E-state index in [4.69, 9.17) is 38.8 Å². The standard InChI is InChI=1S/C16H11Br2Cl2NO3/c17-11-3-8(1-2-14(22)23)4-12(18)16(11)24-7-9-5-10(19)6-13(21)15(9)20/h1-6H,7,21H2,(H,22,23). The SMILES string of the molecule is Nc1cc(Cl)cc(COc2c(Br)cc(C=CC(=O)O)cc2Br)c1Cl. The summed E-state index contributed by atoms with van der Waals surface area (Å²) in [6.45, 7) is 0.172. The summed E-state index contributed by atoms with van der Waals surface area (Å²) in [6.07, 6.45) is 2.54. The molecule has 0 heterocycles. The van der Waals surface area contributed by atoms with Gasteiger partial charge in [0.05, 0.1) is 19.7 Å². The molecule has 126 valence electrons. The Kier molecular flexibility index (Phi) is 6.57. The zero-order valence-corrected chi connectivity index (χ0v) is 16.7. The van der Waals surface area contributed by atoms with Crippen LogP contribution in [0.15, 0.2) is 39.3 Å². The van der Waals surface area contributed by atoms with Crippen LogP contribution in [0.2, 0.25) is 10.0 Å². The van der Waals surface area contributed by atoms with Gasteiger partial charge in [0.1, 0.15) is 12.4 Å². The molecule has 2 aromatic carbocycles. The van der Waals surface area contributed by atoms with E-state index in [-0.39, 0.29) is 6.61 Å². The van der Waals surface area contributed by atoms with E-state index >= 15 is 0 Å². The third-order valence-corrected chi connectivity index (χ3v) is 4.81. The second-order valence-electron chi connectivity index (χ2n) is 4.74. The molecule has 2 aromatic rings. The lowest BCUT2D eigenvalue weighted by molar-refractivity contribution is -0.131. The number of hydrogen-bond acceptors (Lipinski definition) is 3. The Balaban J connectivity index is 2.23. The number of rotatable bonds is 5. The maximum atomic E-state index is 10.6. The number of carboxylic acid groups (broad SMARTS) is 1. The van der Waals surface area contributed by atoms with E-state index < -0.39 is 5.97 Å². The highest BCUT2D eigenvalue weighted by atomic mass is 79.9. The van der Waals surface area contributed by atoms with Crippen LogP contribution < -0.4 is 10.5 Å². The number of anilines is 1. The molecule has 0 aliphatic rings. The van der Waals surface area contributed by atoms with Crippen LogP contribution in [-0.4, -0.2) is 11.1 Å². The highest BCUT2D eigenvalue weighted by Crippen LogP contribution is 2.37. The largest absolute Gasteiger partial charge is 0.486 e. The first-order valence-electron chi connectivity index (χ1n) is 6.54. The van der Waals surface area contributed by atoms with Crippen molar-refractivity contribution < 1.29 is 14.6 Å². The topological polar surface area (TPSA) is 72.5 Å². The van der Waals surface area contributed by atoms with E-state index in [1.54, 1.807) is 24.3 Å². The number of nitrogen functional groups attached to an aromatic ring is 1. The van der Waals surface area contributed by atoms with Crippen molar-refractivity contribution in [2.75, 3.05) is 5.73 Å². The van der Waals surface area contributed by atoms with Crippen molar-refractivity contribution in [3.05, 3.63) is 60.5 Å². The lowest BCUT2D eigenvalue weighted by Crippen LogP contribution is -2.00. The molecule has 0 saturated heterocycles. The van der Waals surface area contributed by atoms with Crippen LogP contribution in [0.25, 0.3) is 6.08 Å². The number of ether oxygens (including phenoxy) is 1. The molecular formula is C16H11Br2Cl2NO3. The first-order chi connectivity index (χ1) is 11.3. The van der Waals surface area contributed by atoms with E-state index in [9.17, 15) is 4.79 Å². The van der Waals surface area contributed by atoms with Crippen molar-refractivity contribution in [3.63, 3.8) is 0 Å². The molecule has 0 bridgehead atoms. The maximum absolute atomic E-state index is 10.6. The third kappa shape index (κ3) is 4.89. The summed E-state index contributed by atoms with van der Waals surface area (Å²) >= 11 is 18.9. The van der Waals surface area contributed by atoms with Crippen molar-refractivity contribution >= 4 is 72.8 Å². The number of benzene rings is 2. The van der Waals surface area contributed by atoms with Gasteiger partial charge >= 0.3 is 5.97 Å². The molecule has 4 nitrogen and oxygen atoms in total. The van der Waals surface area contributed by atoms with Crippen LogP contribution in [0.3, 0.4) is 0 Å². The fourth-order valence-electron chi connectivity index (χ4n) is 1.90. The average Bonchev–Trinajstić information content (AvgIpc) is 2.48. The van der Waals surface area contributed by atoms with E-state index in [1.807, 2.05) is 0 Å². The summed E-state index contributed by atoms with van der Waals surface area (Å²) in [5, 5.41) is 9.55. The van der Waals surface area contributed by atoms with Gasteiger partial charge in [-0.05, 0) is 67.8 Å². The van der Waals surface area contributed by atoms with Gasteiger partial charge in [-0.1, -0.05) is 23.2 Å². The number of aliphatic carboxylic acids is 1. The number of carboxylic acids is 1. The van der Waals surface area contributed by atoms with Gasteiger partial charge in [0, 0.05) is 16.7 Å². The molecule has 0 aliphatic heterocycles. The molecule has 8 heteroatoms. The molecule has 3 N–H and O–H groups in total. The zero-order valence-electron chi connectivity index (χ0n) is 12.0. The zero-order chi connectivity index (χ0) is 17.9. The van der Waals surface area contributed by atoms with Crippen molar-refractivity contribution in [3.8, 4) is 5.75 Å². The first kappa shape index (κ1) is 19.1. The summed E-state index contributed by atoms with van der Waals surface area (Å²) in [6, 6.07) is 6.75. The average molecular weight is 496 g/mol. The summed E-state index contributed by atoms with van der Waals surface area (Å²) in [7, 11) is 0. The van der Waals surface area contributed by atoms with Crippen LogP contribution in [0.5, 0.6) is 5.75 Å². The van der Waals surface area contributed by atoms with Crippen molar-refractivity contribution in [1.82, 2.24) is 0 Å². The van der Waals surface area contributed by atoms with Gasteiger partial charge in [-0.2, -0.15) is 0 Å². The highest BCUT2D eigenvalue weighted by Gasteiger charge is 2.12. The number of halogens is 4. The Morgan fingerprint density at radius 1 is 1.21 bits per heavy atom. The third-order valence-electron chi connectivity index (χ3n) is 2.95. The predicted octanol–water partition coefficient (Wildman–Crippen LogP) is 5.78. The minimum Gasteiger partial charge on any atom is -0.486 e. The van der Waals surface area contributed by atoms with Gasteiger partial charge in [0.15, 0.2) is 0 Å². The Bertz CT molecular complexity index is 802.